The Morgan fingerprint density at radius 1 is 0.960 bits per heavy atom. The molecule has 1 saturated heterocycles. The fourth-order valence-electron chi connectivity index (χ4n) is 4.06. The van der Waals surface area contributed by atoms with Crippen molar-refractivity contribution in [2.24, 2.45) is 5.92 Å². The third kappa shape index (κ3) is 5.40. The lowest BCUT2D eigenvalue weighted by Crippen LogP contribution is -2.40. The van der Waals surface area contributed by atoms with Crippen LogP contribution in [-0.4, -0.2) is 42.3 Å². The quantitative estimate of drug-likeness (QED) is 0.806. The smallest absolute Gasteiger partial charge is 0.221 e. The normalized spacial score (nSPS) is 20.3. The Balaban J connectivity index is 1.36. The van der Waals surface area contributed by atoms with Gasteiger partial charge >= 0.3 is 0 Å². The Morgan fingerprint density at radius 3 is 2.32 bits per heavy atom. The van der Waals surface area contributed by atoms with Gasteiger partial charge in [0.15, 0.2) is 5.78 Å². The average molecular weight is 342 g/mol. The van der Waals surface area contributed by atoms with E-state index < -0.39 is 0 Å². The number of amides is 1. The Labute approximate surface area is 151 Å². The van der Waals surface area contributed by atoms with Crippen LogP contribution in [0.3, 0.4) is 0 Å². The highest BCUT2D eigenvalue weighted by atomic mass is 16.1. The van der Waals surface area contributed by atoms with Crippen LogP contribution in [0.4, 0.5) is 0 Å². The third-order valence-electron chi connectivity index (χ3n) is 5.64. The number of likely N-dealkylation sites (tertiary alicyclic amines) is 1. The summed E-state index contributed by atoms with van der Waals surface area (Å²) in [4.78, 5) is 27.0. The van der Waals surface area contributed by atoms with E-state index in [-0.39, 0.29) is 17.6 Å². The second-order valence-corrected chi connectivity index (χ2v) is 7.50. The Kier molecular flexibility index (Phi) is 6.62. The van der Waals surface area contributed by atoms with E-state index in [0.29, 0.717) is 12.5 Å². The van der Waals surface area contributed by atoms with Crippen molar-refractivity contribution in [3.63, 3.8) is 0 Å². The maximum atomic E-state index is 12.5. The van der Waals surface area contributed by atoms with E-state index in [2.05, 4.69) is 10.2 Å². The first-order valence-electron chi connectivity index (χ1n) is 9.83. The summed E-state index contributed by atoms with van der Waals surface area (Å²) in [7, 11) is 0. The number of carbonyl (C=O) groups excluding carboxylic acids is 2. The zero-order chi connectivity index (χ0) is 17.5. The van der Waals surface area contributed by atoms with Crippen LogP contribution in [0.5, 0.6) is 0 Å². The number of piperidine rings is 1. The molecule has 1 aromatic carbocycles. The van der Waals surface area contributed by atoms with Gasteiger partial charge in [-0.2, -0.15) is 0 Å². The molecule has 0 bridgehead atoms. The van der Waals surface area contributed by atoms with Gasteiger partial charge in [-0.1, -0.05) is 49.6 Å². The molecule has 4 nitrogen and oxygen atoms in total. The van der Waals surface area contributed by atoms with E-state index in [1.54, 1.807) is 0 Å². The zero-order valence-corrected chi connectivity index (χ0v) is 15.1. The Bertz CT molecular complexity index is 559. The summed E-state index contributed by atoms with van der Waals surface area (Å²) < 4.78 is 0. The van der Waals surface area contributed by atoms with Crippen LogP contribution in [0.1, 0.15) is 61.7 Å². The van der Waals surface area contributed by atoms with Crippen LogP contribution in [0, 0.1) is 5.92 Å². The second-order valence-electron chi connectivity index (χ2n) is 7.50. The van der Waals surface area contributed by atoms with Gasteiger partial charge in [-0.15, -0.1) is 0 Å². The lowest BCUT2D eigenvalue weighted by Gasteiger charge is -2.31. The largest absolute Gasteiger partial charge is 0.353 e. The molecule has 0 unspecified atom stereocenters. The molecule has 1 aliphatic carbocycles. The van der Waals surface area contributed by atoms with Gasteiger partial charge in [-0.05, 0) is 38.8 Å². The molecule has 1 aliphatic heterocycles. The van der Waals surface area contributed by atoms with Crippen molar-refractivity contribution in [1.82, 2.24) is 10.2 Å². The fraction of sp³-hybridized carbons (Fsp3) is 0.619. The summed E-state index contributed by atoms with van der Waals surface area (Å²) in [6, 6.07) is 10.0. The molecule has 1 heterocycles. The van der Waals surface area contributed by atoms with Gasteiger partial charge in [0.1, 0.15) is 0 Å². The van der Waals surface area contributed by atoms with E-state index in [1.165, 1.54) is 19.3 Å². The van der Waals surface area contributed by atoms with E-state index in [4.69, 9.17) is 0 Å². The highest BCUT2D eigenvalue weighted by Gasteiger charge is 2.26. The first kappa shape index (κ1) is 18.1. The molecular weight excluding hydrogens is 312 g/mol. The van der Waals surface area contributed by atoms with Crippen LogP contribution in [0.15, 0.2) is 30.3 Å². The van der Waals surface area contributed by atoms with Crippen molar-refractivity contribution < 1.29 is 9.59 Å². The van der Waals surface area contributed by atoms with Gasteiger partial charge < -0.3 is 10.2 Å². The van der Waals surface area contributed by atoms with Gasteiger partial charge in [0, 0.05) is 30.5 Å². The number of nitrogens with one attached hydrogen (secondary N) is 1. The van der Waals surface area contributed by atoms with Crippen molar-refractivity contribution >= 4 is 11.7 Å². The summed E-state index contributed by atoms with van der Waals surface area (Å²) in [5.74, 6) is 0.597. The number of carbonyl (C=O) groups is 2. The van der Waals surface area contributed by atoms with Gasteiger partial charge in [0.05, 0.1) is 0 Å². The highest BCUT2D eigenvalue weighted by molar-refractivity contribution is 5.97. The van der Waals surface area contributed by atoms with E-state index >= 15 is 0 Å². The van der Waals surface area contributed by atoms with Crippen LogP contribution in [0.25, 0.3) is 0 Å². The number of nitrogens with zero attached hydrogens (tertiary/aromatic N) is 1. The maximum absolute atomic E-state index is 12.5. The first-order valence-corrected chi connectivity index (χ1v) is 9.83. The van der Waals surface area contributed by atoms with Crippen LogP contribution in [-0.2, 0) is 4.79 Å². The Hall–Kier alpha value is -1.68. The molecule has 0 spiro atoms. The highest BCUT2D eigenvalue weighted by Crippen LogP contribution is 2.22. The SMILES string of the molecule is O=C(CCN1CCC(C(=O)c2ccccc2)CC1)NC1CCCCC1. The molecular formula is C21H30N2O2. The average Bonchev–Trinajstić information content (AvgIpc) is 2.68. The van der Waals surface area contributed by atoms with Crippen LogP contribution in [0.2, 0.25) is 0 Å². The number of rotatable bonds is 6. The summed E-state index contributed by atoms with van der Waals surface area (Å²) in [5.41, 5.74) is 0.827. The predicted octanol–water partition coefficient (Wildman–Crippen LogP) is 3.42. The third-order valence-corrected chi connectivity index (χ3v) is 5.64. The number of hydrogen-bond acceptors (Lipinski definition) is 3. The molecule has 2 fully saturated rings. The number of ketones is 1. The van der Waals surface area contributed by atoms with Gasteiger partial charge in [0.25, 0.3) is 0 Å². The molecule has 1 aromatic rings. The molecule has 3 rings (SSSR count). The number of Topliss-reactive ketones (excluding diaryl/α,β-unsaturated/α-hetero) is 1. The topological polar surface area (TPSA) is 49.4 Å². The maximum Gasteiger partial charge on any atom is 0.221 e. The minimum atomic E-state index is 0.134. The molecule has 0 aromatic heterocycles. The number of benzene rings is 1. The molecule has 136 valence electrons. The predicted molar refractivity (Wildman–Crippen MR) is 99.6 cm³/mol. The van der Waals surface area contributed by atoms with Gasteiger partial charge in [-0.3, -0.25) is 9.59 Å². The van der Waals surface area contributed by atoms with Crippen LogP contribution < -0.4 is 5.32 Å². The van der Waals surface area contributed by atoms with E-state index in [0.717, 1.165) is 50.9 Å². The molecule has 0 radical (unpaired) electrons. The minimum absolute atomic E-state index is 0.134. The van der Waals surface area contributed by atoms with E-state index in [1.807, 2.05) is 30.3 Å². The minimum Gasteiger partial charge on any atom is -0.353 e. The fourth-order valence-corrected chi connectivity index (χ4v) is 4.06. The summed E-state index contributed by atoms with van der Waals surface area (Å²) in [5, 5.41) is 3.19. The molecule has 1 N–H and O–H groups in total. The van der Waals surface area contributed by atoms with Crippen LogP contribution >= 0.6 is 0 Å². The second kappa shape index (κ2) is 9.14. The number of hydrogen-bond donors (Lipinski definition) is 1. The lowest BCUT2D eigenvalue weighted by atomic mass is 9.89. The molecule has 4 heteroatoms. The molecule has 0 atom stereocenters. The van der Waals surface area contributed by atoms with Crippen molar-refractivity contribution in [3.8, 4) is 0 Å². The summed E-state index contributed by atoms with van der Waals surface area (Å²) in [6.45, 7) is 2.64. The molecule has 25 heavy (non-hydrogen) atoms. The summed E-state index contributed by atoms with van der Waals surface area (Å²) in [6.07, 6.45) is 8.45. The molecule has 1 amide bonds. The van der Waals surface area contributed by atoms with Crippen molar-refractivity contribution in [2.45, 2.75) is 57.4 Å². The Morgan fingerprint density at radius 2 is 1.64 bits per heavy atom. The van der Waals surface area contributed by atoms with Gasteiger partial charge in [-0.25, -0.2) is 0 Å². The zero-order valence-electron chi connectivity index (χ0n) is 15.1. The van der Waals surface area contributed by atoms with E-state index in [9.17, 15) is 9.59 Å². The van der Waals surface area contributed by atoms with Gasteiger partial charge in [0.2, 0.25) is 5.91 Å². The standard InChI is InChI=1S/C21H30N2O2/c24-20(22-19-9-5-2-6-10-19)13-16-23-14-11-18(12-15-23)21(25)17-7-3-1-4-8-17/h1,3-4,7-8,18-19H,2,5-6,9-16H2,(H,22,24). The monoisotopic (exact) mass is 342 g/mol. The van der Waals surface area contributed by atoms with Crippen molar-refractivity contribution in [1.29, 1.82) is 0 Å². The molecule has 2 aliphatic rings. The molecule has 1 saturated carbocycles. The lowest BCUT2D eigenvalue weighted by molar-refractivity contribution is -0.122. The van der Waals surface area contributed by atoms with Crippen molar-refractivity contribution in [3.05, 3.63) is 35.9 Å². The van der Waals surface area contributed by atoms with Crippen molar-refractivity contribution in [2.75, 3.05) is 19.6 Å². The first-order chi connectivity index (χ1) is 12.2. The summed E-state index contributed by atoms with van der Waals surface area (Å²) >= 11 is 0.